The molecule has 6 rings (SSSR count). The quantitative estimate of drug-likeness (QED) is 0.506. The third-order valence-corrected chi connectivity index (χ3v) is 4.91. The van der Waals surface area contributed by atoms with Crippen molar-refractivity contribution in [3.63, 3.8) is 0 Å². The van der Waals surface area contributed by atoms with Crippen LogP contribution in [0.2, 0.25) is 0 Å². The molecular weight excluding hydrogens is 399 g/mol. The second-order valence-corrected chi connectivity index (χ2v) is 6.60. The molecule has 0 saturated carbocycles. The van der Waals surface area contributed by atoms with Crippen LogP contribution in [-0.2, 0) is 0 Å². The first-order valence-corrected chi connectivity index (χ1v) is 8.86. The number of hydrogen-bond donors (Lipinski definition) is 0. The lowest BCUT2D eigenvalue weighted by Crippen LogP contribution is -2.45. The lowest BCUT2D eigenvalue weighted by atomic mass is 10.1. The monoisotopic (exact) mass is 409 g/mol. The van der Waals surface area contributed by atoms with Gasteiger partial charge in [0.1, 0.15) is 18.3 Å². The van der Waals surface area contributed by atoms with E-state index in [0.717, 1.165) is 12.1 Å². The van der Waals surface area contributed by atoms with Gasteiger partial charge in [0.15, 0.2) is 11.7 Å². The average Bonchev–Trinajstić information content (AvgIpc) is 3.46. The molecule has 2 aromatic heterocycles. The molecule has 0 N–H and O–H groups in total. The van der Waals surface area contributed by atoms with Crippen LogP contribution in [0.3, 0.4) is 0 Å². The molecule has 0 aliphatic carbocycles. The highest BCUT2D eigenvalue weighted by molar-refractivity contribution is 6.16. The highest BCUT2D eigenvalue weighted by Crippen LogP contribution is 2.37. The molecule has 0 atom stereocenters. The summed E-state index contributed by atoms with van der Waals surface area (Å²) in [6.45, 7) is 0.115. The first-order chi connectivity index (χ1) is 14.6. The molecule has 0 fully saturated rings. The maximum Gasteiger partial charge on any atom is 0.345 e. The molecule has 4 aromatic rings. The number of hydrazine groups is 1. The van der Waals surface area contributed by atoms with Gasteiger partial charge in [-0.1, -0.05) is 17.3 Å². The summed E-state index contributed by atoms with van der Waals surface area (Å²) in [6, 6.07) is 10.3. The number of para-hydroxylation sites is 1. The van der Waals surface area contributed by atoms with Crippen LogP contribution >= 0.6 is 0 Å². The van der Waals surface area contributed by atoms with Crippen LogP contribution < -0.4 is 10.0 Å². The third kappa shape index (κ3) is 2.22. The van der Waals surface area contributed by atoms with E-state index in [4.69, 9.17) is 4.52 Å². The van der Waals surface area contributed by atoms with Gasteiger partial charge in [0.25, 0.3) is 6.08 Å². The number of aliphatic imine (C=N–C) groups is 1. The maximum absolute atomic E-state index is 14.4. The van der Waals surface area contributed by atoms with Gasteiger partial charge in [0.2, 0.25) is 5.82 Å². The van der Waals surface area contributed by atoms with Crippen molar-refractivity contribution < 1.29 is 17.7 Å². The van der Waals surface area contributed by atoms with Crippen molar-refractivity contribution in [2.45, 2.75) is 0 Å². The van der Waals surface area contributed by atoms with E-state index in [2.05, 4.69) is 20.1 Å². The van der Waals surface area contributed by atoms with Crippen LogP contribution in [0.4, 0.5) is 25.0 Å². The topological polar surface area (TPSA) is 75.6 Å². The Labute approximate surface area is 166 Å². The zero-order valence-corrected chi connectivity index (χ0v) is 15.0. The standard InChI is InChI=1S/C19H10F3N7O/c20-10-5-6-11(13(21)7-10)16-25-19(30-26-16)27-9-24-17-12-3-1-2-4-14(12)28-15(29(17)27)8-23-18(28)22/h1-8H,9H2. The summed E-state index contributed by atoms with van der Waals surface area (Å²) in [5.74, 6) is -0.610. The highest BCUT2D eigenvalue weighted by atomic mass is 19.1. The maximum atomic E-state index is 14.4. The number of aromatic nitrogens is 4. The van der Waals surface area contributed by atoms with E-state index in [1.165, 1.54) is 21.8 Å². The van der Waals surface area contributed by atoms with Gasteiger partial charge < -0.3 is 4.52 Å². The summed E-state index contributed by atoms with van der Waals surface area (Å²) in [6.07, 6.45) is 0.693. The second kappa shape index (κ2) is 5.92. The largest absolute Gasteiger partial charge is 0.345 e. The van der Waals surface area contributed by atoms with Gasteiger partial charge in [-0.2, -0.15) is 9.37 Å². The first-order valence-electron chi connectivity index (χ1n) is 8.86. The van der Waals surface area contributed by atoms with E-state index < -0.39 is 17.7 Å². The number of nitrogens with zero attached hydrogens (tertiary/aromatic N) is 7. The number of benzene rings is 2. The van der Waals surface area contributed by atoms with Crippen molar-refractivity contribution in [2.24, 2.45) is 4.99 Å². The summed E-state index contributed by atoms with van der Waals surface area (Å²) in [5.41, 5.74) is 1.31. The smallest absolute Gasteiger partial charge is 0.313 e. The molecule has 11 heteroatoms. The summed E-state index contributed by atoms with van der Waals surface area (Å²) >= 11 is 0. The van der Waals surface area contributed by atoms with Gasteiger partial charge >= 0.3 is 6.01 Å². The highest BCUT2D eigenvalue weighted by Gasteiger charge is 2.39. The number of anilines is 2. The number of fused-ring (bicyclic) bond motifs is 6. The van der Waals surface area contributed by atoms with Crippen LogP contribution in [-0.4, -0.2) is 32.2 Å². The van der Waals surface area contributed by atoms with Crippen molar-refractivity contribution in [3.05, 3.63) is 71.9 Å². The predicted molar refractivity (Wildman–Crippen MR) is 99.5 cm³/mol. The Bertz CT molecular complexity index is 1350. The Balaban J connectivity index is 1.44. The molecule has 0 amide bonds. The van der Waals surface area contributed by atoms with Crippen LogP contribution in [0.5, 0.6) is 0 Å². The van der Waals surface area contributed by atoms with Crippen LogP contribution in [0.15, 0.2) is 58.2 Å². The van der Waals surface area contributed by atoms with Gasteiger partial charge in [-0.15, -0.1) is 0 Å². The molecule has 0 unspecified atom stereocenters. The number of amidine groups is 1. The van der Waals surface area contributed by atoms with Crippen molar-refractivity contribution in [1.82, 2.24) is 19.7 Å². The molecule has 2 aromatic carbocycles. The normalized spacial score (nSPS) is 14.4. The van der Waals surface area contributed by atoms with E-state index in [0.29, 0.717) is 22.9 Å². The van der Waals surface area contributed by atoms with Gasteiger partial charge in [0.05, 0.1) is 17.4 Å². The summed E-state index contributed by atoms with van der Waals surface area (Å²) in [4.78, 5) is 12.5. The summed E-state index contributed by atoms with van der Waals surface area (Å²) in [5, 5.41) is 6.93. The fourth-order valence-electron chi connectivity index (χ4n) is 3.61. The fraction of sp³-hybridized carbons (Fsp3) is 0.0526. The van der Waals surface area contributed by atoms with E-state index in [1.807, 2.05) is 12.1 Å². The number of halogens is 3. The molecular formula is C19H10F3N7O. The van der Waals surface area contributed by atoms with E-state index in [1.54, 1.807) is 17.1 Å². The molecule has 0 spiro atoms. The number of hydrogen-bond acceptors (Lipinski definition) is 7. The molecule has 0 bridgehead atoms. The molecule has 4 heterocycles. The molecule has 2 aliphatic heterocycles. The summed E-state index contributed by atoms with van der Waals surface area (Å²) < 4.78 is 48.4. The van der Waals surface area contributed by atoms with Crippen molar-refractivity contribution >= 4 is 17.7 Å². The molecule has 2 aliphatic rings. The van der Waals surface area contributed by atoms with Gasteiger partial charge in [-0.25, -0.2) is 28.8 Å². The van der Waals surface area contributed by atoms with Crippen molar-refractivity contribution in [1.29, 1.82) is 0 Å². The fourth-order valence-corrected chi connectivity index (χ4v) is 3.61. The minimum absolute atomic E-state index is 0.00758. The van der Waals surface area contributed by atoms with Crippen molar-refractivity contribution in [2.75, 3.05) is 16.7 Å². The Morgan fingerprint density at radius 3 is 2.73 bits per heavy atom. The molecule has 30 heavy (non-hydrogen) atoms. The second-order valence-electron chi connectivity index (χ2n) is 6.60. The van der Waals surface area contributed by atoms with Crippen LogP contribution in [0.1, 0.15) is 5.56 Å². The molecule has 148 valence electrons. The first kappa shape index (κ1) is 16.8. The Hall–Kier alpha value is -4.15. The molecule has 8 nitrogen and oxygen atoms in total. The zero-order valence-electron chi connectivity index (χ0n) is 15.0. The van der Waals surface area contributed by atoms with Crippen molar-refractivity contribution in [3.8, 4) is 17.1 Å². The van der Waals surface area contributed by atoms with E-state index in [-0.39, 0.29) is 24.1 Å². The minimum atomic E-state index is -0.812. The van der Waals surface area contributed by atoms with Gasteiger partial charge in [0, 0.05) is 11.6 Å². The van der Waals surface area contributed by atoms with E-state index >= 15 is 0 Å². The molecule has 0 saturated heterocycles. The average molecular weight is 409 g/mol. The third-order valence-electron chi connectivity index (χ3n) is 4.91. The molecule has 0 radical (unpaired) electrons. The number of rotatable bonds is 2. The van der Waals surface area contributed by atoms with Crippen LogP contribution in [0.25, 0.3) is 17.1 Å². The lowest BCUT2D eigenvalue weighted by Gasteiger charge is -2.32. The number of imidazole rings is 1. The van der Waals surface area contributed by atoms with E-state index in [9.17, 15) is 13.2 Å². The van der Waals surface area contributed by atoms with Crippen LogP contribution in [0, 0.1) is 17.7 Å². The lowest BCUT2D eigenvalue weighted by molar-refractivity contribution is 0.416. The minimum Gasteiger partial charge on any atom is -0.313 e. The summed E-state index contributed by atoms with van der Waals surface area (Å²) in [7, 11) is 0. The SMILES string of the molecule is Fc1ccc(-c2noc(N3CN=C4c5ccccc5-n5c(cnc5F)N43)n2)c(F)c1. The Morgan fingerprint density at radius 2 is 1.87 bits per heavy atom. The predicted octanol–water partition coefficient (Wildman–Crippen LogP) is 3.30. The van der Waals surface area contributed by atoms with Gasteiger partial charge in [-0.05, 0) is 24.3 Å². The van der Waals surface area contributed by atoms with Gasteiger partial charge in [-0.3, -0.25) is 4.57 Å². The Morgan fingerprint density at radius 1 is 1.00 bits per heavy atom. The Kier molecular flexibility index (Phi) is 3.31. The zero-order chi connectivity index (χ0) is 20.4.